The molecule has 0 bridgehead atoms. The van der Waals surface area contributed by atoms with Crippen molar-refractivity contribution in [3.05, 3.63) is 112 Å². The first-order chi connectivity index (χ1) is 20.4. The number of nitrogens with one attached hydrogen (secondary N) is 1. The molecule has 0 unspecified atom stereocenters. The summed E-state index contributed by atoms with van der Waals surface area (Å²) in [5, 5.41) is 5.12. The Bertz CT molecular complexity index is 1570. The van der Waals surface area contributed by atoms with Crippen LogP contribution in [0.3, 0.4) is 0 Å². The number of benzene rings is 4. The van der Waals surface area contributed by atoms with E-state index < -0.39 is 6.04 Å². The predicted octanol–water partition coefficient (Wildman–Crippen LogP) is 6.90. The molecule has 1 N–H and O–H groups in total. The van der Waals surface area contributed by atoms with Gasteiger partial charge in [-0.15, -0.1) is 0 Å². The molecule has 0 spiro atoms. The van der Waals surface area contributed by atoms with Gasteiger partial charge in [0.15, 0.2) is 0 Å². The number of carbonyl (C=O) groups is 3. The number of nitrogens with zero attached hydrogens (tertiary/aromatic N) is 2. The molecule has 0 saturated heterocycles. The summed E-state index contributed by atoms with van der Waals surface area (Å²) < 4.78 is 0.950. The van der Waals surface area contributed by atoms with Crippen LogP contribution in [0.4, 0.5) is 5.69 Å². The molecule has 4 aromatic rings. The third-order valence-electron chi connectivity index (χ3n) is 7.96. The van der Waals surface area contributed by atoms with Crippen LogP contribution in [0.5, 0.6) is 0 Å². The molecule has 4 aromatic carbocycles. The zero-order valence-corrected chi connectivity index (χ0v) is 25.6. The van der Waals surface area contributed by atoms with Gasteiger partial charge in [-0.2, -0.15) is 0 Å². The van der Waals surface area contributed by atoms with Gasteiger partial charge >= 0.3 is 0 Å². The second kappa shape index (κ2) is 13.3. The lowest BCUT2D eigenvalue weighted by Gasteiger charge is -2.32. The summed E-state index contributed by atoms with van der Waals surface area (Å²) >= 11 is 3.49. The van der Waals surface area contributed by atoms with E-state index in [4.69, 9.17) is 0 Å². The van der Waals surface area contributed by atoms with Crippen LogP contribution in [-0.4, -0.2) is 41.2 Å². The van der Waals surface area contributed by atoms with Crippen molar-refractivity contribution in [1.82, 2.24) is 10.2 Å². The maximum atomic E-state index is 14.0. The number of hydrogen-bond acceptors (Lipinski definition) is 3. The fourth-order valence-corrected chi connectivity index (χ4v) is 5.78. The smallest absolute Gasteiger partial charge is 0.258 e. The lowest BCUT2D eigenvalue weighted by molar-refractivity contribution is -0.141. The van der Waals surface area contributed by atoms with Crippen LogP contribution in [0.25, 0.3) is 10.8 Å². The first-order valence-electron chi connectivity index (χ1n) is 14.6. The van der Waals surface area contributed by atoms with E-state index in [1.165, 1.54) is 0 Å². The summed E-state index contributed by atoms with van der Waals surface area (Å²) in [6.07, 6.45) is 1.90. The molecule has 216 valence electrons. The lowest BCUT2D eigenvalue weighted by atomic mass is 10.0. The summed E-state index contributed by atoms with van der Waals surface area (Å²) in [4.78, 5) is 44.5. The minimum atomic E-state index is -0.677. The number of amides is 3. The molecule has 1 aliphatic rings. The molecule has 6 nitrogen and oxygen atoms in total. The lowest BCUT2D eigenvalue weighted by Crippen LogP contribution is -2.52. The highest BCUT2D eigenvalue weighted by molar-refractivity contribution is 9.10. The van der Waals surface area contributed by atoms with Crippen LogP contribution in [-0.2, 0) is 22.6 Å². The number of hydrogen-bond donors (Lipinski definition) is 1. The largest absolute Gasteiger partial charge is 0.352 e. The van der Waals surface area contributed by atoms with Gasteiger partial charge in [-0.3, -0.25) is 14.4 Å². The van der Waals surface area contributed by atoms with Crippen LogP contribution in [0.15, 0.2) is 95.5 Å². The van der Waals surface area contributed by atoms with E-state index >= 15 is 0 Å². The average molecular weight is 627 g/mol. The van der Waals surface area contributed by atoms with Crippen molar-refractivity contribution in [2.45, 2.75) is 58.2 Å². The molecule has 7 heteroatoms. The molecular formula is C35H36BrN3O3. The molecular weight excluding hydrogens is 590 g/mol. The van der Waals surface area contributed by atoms with Gasteiger partial charge < -0.3 is 15.1 Å². The third kappa shape index (κ3) is 6.57. The molecule has 3 amide bonds. The Balaban J connectivity index is 1.37. The maximum absolute atomic E-state index is 14.0. The van der Waals surface area contributed by atoms with E-state index in [-0.39, 0.29) is 30.2 Å². The molecule has 0 saturated carbocycles. The van der Waals surface area contributed by atoms with E-state index in [2.05, 4.69) is 21.2 Å². The van der Waals surface area contributed by atoms with Crippen molar-refractivity contribution in [1.29, 1.82) is 0 Å². The fourth-order valence-electron chi connectivity index (χ4n) is 5.51. The third-order valence-corrected chi connectivity index (χ3v) is 8.49. The first kappa shape index (κ1) is 29.5. The van der Waals surface area contributed by atoms with Crippen LogP contribution in [0.1, 0.15) is 54.6 Å². The van der Waals surface area contributed by atoms with Gasteiger partial charge in [0.05, 0.1) is 5.69 Å². The van der Waals surface area contributed by atoms with Crippen molar-refractivity contribution in [2.24, 2.45) is 0 Å². The Morgan fingerprint density at radius 3 is 2.33 bits per heavy atom. The van der Waals surface area contributed by atoms with Crippen LogP contribution >= 0.6 is 15.9 Å². The highest BCUT2D eigenvalue weighted by atomic mass is 79.9. The highest BCUT2D eigenvalue weighted by Crippen LogP contribution is 2.37. The summed E-state index contributed by atoms with van der Waals surface area (Å²) in [6.45, 7) is 4.74. The van der Waals surface area contributed by atoms with Crippen LogP contribution in [0.2, 0.25) is 0 Å². The van der Waals surface area contributed by atoms with Gasteiger partial charge in [-0.25, -0.2) is 0 Å². The number of halogens is 1. The van der Waals surface area contributed by atoms with Crippen molar-refractivity contribution in [3.8, 4) is 0 Å². The number of rotatable bonds is 12. The molecule has 1 aliphatic heterocycles. The summed E-state index contributed by atoms with van der Waals surface area (Å²) in [5.74, 6) is -0.299. The second-order valence-corrected chi connectivity index (χ2v) is 11.8. The second-order valence-electron chi connectivity index (χ2n) is 10.9. The predicted molar refractivity (Wildman–Crippen MR) is 171 cm³/mol. The van der Waals surface area contributed by atoms with Gasteiger partial charge in [-0.05, 0) is 60.5 Å². The topological polar surface area (TPSA) is 69.7 Å². The Morgan fingerprint density at radius 2 is 1.62 bits per heavy atom. The summed E-state index contributed by atoms with van der Waals surface area (Å²) in [5.41, 5.74) is 3.53. The maximum Gasteiger partial charge on any atom is 0.258 e. The van der Waals surface area contributed by atoms with Crippen molar-refractivity contribution in [3.63, 3.8) is 0 Å². The van der Waals surface area contributed by atoms with Gasteiger partial charge in [0, 0.05) is 47.4 Å². The molecule has 0 fully saturated rings. The summed E-state index contributed by atoms with van der Waals surface area (Å²) in [7, 11) is 0. The fraction of sp³-hybridized carbons (Fsp3) is 0.286. The van der Waals surface area contributed by atoms with Crippen LogP contribution in [0, 0.1) is 0 Å². The van der Waals surface area contributed by atoms with Crippen LogP contribution < -0.4 is 10.2 Å². The molecule has 1 heterocycles. The minimum Gasteiger partial charge on any atom is -0.352 e. The Kier molecular flexibility index (Phi) is 9.38. The Hall–Kier alpha value is -3.97. The average Bonchev–Trinajstić information content (AvgIpc) is 3.28. The standard InChI is InChI=1S/C35H36BrN3O3/c1-3-24(2)37-34(41)31(22-25-10-5-4-6-11-25)39(23-26-17-19-28(36)20-18-26)32(40)16-9-21-38-30-15-8-13-27-12-7-14-29(33(27)30)35(38)42/h4-8,10-15,17-20,24,31H,3,9,16,21-23H2,1-2H3,(H,37,41)/t24-,31+/m0/s1. The highest BCUT2D eigenvalue weighted by Gasteiger charge is 2.32. The van der Waals surface area contributed by atoms with E-state index in [0.29, 0.717) is 31.5 Å². The SMILES string of the molecule is CC[C@H](C)NC(=O)[C@@H](Cc1ccccc1)N(Cc1ccc(Br)cc1)C(=O)CCCN1C(=O)c2cccc3cccc1c23. The minimum absolute atomic E-state index is 0.00840. The first-order valence-corrected chi connectivity index (χ1v) is 15.4. The molecule has 0 aliphatic carbocycles. The number of carbonyl (C=O) groups excluding carboxylic acids is 3. The molecule has 0 aromatic heterocycles. The molecule has 5 rings (SSSR count). The van der Waals surface area contributed by atoms with E-state index in [1.807, 2.05) is 105 Å². The normalized spacial score (nSPS) is 13.7. The quantitative estimate of drug-likeness (QED) is 0.186. The monoisotopic (exact) mass is 625 g/mol. The molecule has 2 atom stereocenters. The van der Waals surface area contributed by atoms with Gasteiger partial charge in [-0.1, -0.05) is 89.6 Å². The zero-order valence-electron chi connectivity index (χ0n) is 24.1. The summed E-state index contributed by atoms with van der Waals surface area (Å²) in [6, 6.07) is 28.7. The van der Waals surface area contributed by atoms with E-state index in [9.17, 15) is 14.4 Å². The Labute approximate surface area is 255 Å². The van der Waals surface area contributed by atoms with Crippen molar-refractivity contribution in [2.75, 3.05) is 11.4 Å². The van der Waals surface area contributed by atoms with Crippen molar-refractivity contribution < 1.29 is 14.4 Å². The molecule has 42 heavy (non-hydrogen) atoms. The zero-order chi connectivity index (χ0) is 29.6. The van der Waals surface area contributed by atoms with Gasteiger partial charge in [0.25, 0.3) is 5.91 Å². The van der Waals surface area contributed by atoms with Crippen molar-refractivity contribution >= 4 is 50.1 Å². The number of anilines is 1. The molecule has 0 radical (unpaired) electrons. The van der Waals surface area contributed by atoms with E-state index in [0.717, 1.165) is 38.5 Å². The van der Waals surface area contributed by atoms with Gasteiger partial charge in [0.1, 0.15) is 6.04 Å². The van der Waals surface area contributed by atoms with Gasteiger partial charge in [0.2, 0.25) is 11.8 Å². The Morgan fingerprint density at radius 1 is 0.905 bits per heavy atom. The van der Waals surface area contributed by atoms with E-state index in [1.54, 1.807) is 9.80 Å².